The molecule has 0 aliphatic heterocycles. The van der Waals surface area contributed by atoms with E-state index >= 15 is 0 Å². The molecule has 1 aromatic rings. The number of aryl methyl sites for hydroxylation is 1. The number of carboxylic acid groups (broad SMARTS) is 1. The highest BCUT2D eigenvalue weighted by Gasteiger charge is 2.09. The summed E-state index contributed by atoms with van der Waals surface area (Å²) in [5.41, 5.74) is 2.15. The predicted octanol–water partition coefficient (Wildman–Crippen LogP) is 2.98. The molecule has 2 nitrogen and oxygen atoms in total. The van der Waals surface area contributed by atoms with Gasteiger partial charge in [0.05, 0.1) is 5.56 Å². The number of aromatic carboxylic acids is 1. The van der Waals surface area contributed by atoms with Crippen molar-refractivity contribution in [3.8, 4) is 0 Å². The lowest BCUT2D eigenvalue weighted by Gasteiger charge is -2.08. The van der Waals surface area contributed by atoms with Crippen LogP contribution in [0.2, 0.25) is 0 Å². The smallest absolute Gasteiger partial charge is 0.335 e. The normalized spacial score (nSPS) is 12.1. The molecule has 0 fully saturated rings. The second-order valence-electron chi connectivity index (χ2n) is 3.40. The lowest BCUT2D eigenvalue weighted by Crippen LogP contribution is -2.01. The molecule has 1 rings (SSSR count). The molecule has 1 aromatic carbocycles. The quantitative estimate of drug-likeness (QED) is 0.744. The summed E-state index contributed by atoms with van der Waals surface area (Å²) in [6.07, 6.45) is 1.80. The van der Waals surface area contributed by atoms with Crippen LogP contribution in [0.3, 0.4) is 0 Å². The van der Waals surface area contributed by atoms with E-state index in [1.54, 1.807) is 19.1 Å². The third-order valence-corrected chi connectivity index (χ3v) is 2.37. The SMILES string of the molecule is C=CC(C)c1ccc(C)c(C(=O)O)c1. The van der Waals surface area contributed by atoms with Crippen LogP contribution in [0.4, 0.5) is 0 Å². The zero-order valence-electron chi connectivity index (χ0n) is 8.45. The van der Waals surface area contributed by atoms with Gasteiger partial charge in [0.2, 0.25) is 0 Å². The summed E-state index contributed by atoms with van der Waals surface area (Å²) in [6.45, 7) is 7.47. The maximum absolute atomic E-state index is 10.9. The molecule has 0 aromatic heterocycles. The molecule has 1 N–H and O–H groups in total. The highest BCUT2D eigenvalue weighted by atomic mass is 16.4. The van der Waals surface area contributed by atoms with Crippen LogP contribution in [-0.4, -0.2) is 11.1 Å². The van der Waals surface area contributed by atoms with Crippen molar-refractivity contribution in [3.63, 3.8) is 0 Å². The molecule has 0 heterocycles. The Morgan fingerprint density at radius 3 is 2.71 bits per heavy atom. The summed E-state index contributed by atoms with van der Waals surface area (Å²) in [5, 5.41) is 8.92. The van der Waals surface area contributed by atoms with E-state index in [-0.39, 0.29) is 5.92 Å². The Labute approximate surface area is 83.9 Å². The fraction of sp³-hybridized carbons (Fsp3) is 0.250. The first-order chi connectivity index (χ1) is 6.56. The Morgan fingerprint density at radius 1 is 1.57 bits per heavy atom. The maximum Gasteiger partial charge on any atom is 0.335 e. The van der Waals surface area contributed by atoms with Gasteiger partial charge in [0.1, 0.15) is 0 Å². The van der Waals surface area contributed by atoms with Gasteiger partial charge < -0.3 is 5.11 Å². The molecule has 0 amide bonds. The summed E-state index contributed by atoms with van der Waals surface area (Å²) in [5.74, 6) is -0.686. The van der Waals surface area contributed by atoms with Crippen molar-refractivity contribution >= 4 is 5.97 Å². The molecule has 0 spiro atoms. The predicted molar refractivity (Wildman–Crippen MR) is 56.8 cm³/mol. The average Bonchev–Trinajstić information content (AvgIpc) is 2.17. The molecule has 0 aliphatic carbocycles. The zero-order valence-corrected chi connectivity index (χ0v) is 8.45. The molecule has 0 radical (unpaired) electrons. The van der Waals surface area contributed by atoms with E-state index < -0.39 is 5.97 Å². The van der Waals surface area contributed by atoms with Crippen LogP contribution >= 0.6 is 0 Å². The lowest BCUT2D eigenvalue weighted by molar-refractivity contribution is 0.0696. The first-order valence-corrected chi connectivity index (χ1v) is 4.52. The van der Waals surface area contributed by atoms with Gasteiger partial charge in [0.15, 0.2) is 0 Å². The highest BCUT2D eigenvalue weighted by molar-refractivity contribution is 5.89. The van der Waals surface area contributed by atoms with E-state index in [9.17, 15) is 4.79 Å². The standard InChI is InChI=1S/C12H14O2/c1-4-8(2)10-6-5-9(3)11(7-10)12(13)14/h4-8H,1H2,2-3H3,(H,13,14). The van der Waals surface area contributed by atoms with Crippen LogP contribution in [0.1, 0.15) is 34.3 Å². The van der Waals surface area contributed by atoms with Crippen LogP contribution in [0.15, 0.2) is 30.9 Å². The van der Waals surface area contributed by atoms with Crippen LogP contribution in [0.25, 0.3) is 0 Å². The minimum Gasteiger partial charge on any atom is -0.478 e. The van der Waals surface area contributed by atoms with Gasteiger partial charge in [-0.25, -0.2) is 4.79 Å². The van der Waals surface area contributed by atoms with E-state index in [1.165, 1.54) is 0 Å². The summed E-state index contributed by atoms with van der Waals surface area (Å²) >= 11 is 0. The molecular formula is C12H14O2. The molecule has 1 unspecified atom stereocenters. The van der Waals surface area contributed by atoms with Crippen molar-refractivity contribution in [2.24, 2.45) is 0 Å². The largest absolute Gasteiger partial charge is 0.478 e. The molecule has 74 valence electrons. The van der Waals surface area contributed by atoms with E-state index in [1.807, 2.05) is 19.1 Å². The topological polar surface area (TPSA) is 37.3 Å². The van der Waals surface area contributed by atoms with Crippen molar-refractivity contribution in [2.75, 3.05) is 0 Å². The van der Waals surface area contributed by atoms with Crippen molar-refractivity contribution in [3.05, 3.63) is 47.5 Å². The molecule has 1 atom stereocenters. The van der Waals surface area contributed by atoms with Crippen molar-refractivity contribution in [1.82, 2.24) is 0 Å². The number of hydrogen-bond donors (Lipinski definition) is 1. The second kappa shape index (κ2) is 4.09. The number of carbonyl (C=O) groups is 1. The fourth-order valence-corrected chi connectivity index (χ4v) is 1.29. The van der Waals surface area contributed by atoms with Gasteiger partial charge in [-0.05, 0) is 30.0 Å². The first kappa shape index (κ1) is 10.5. The van der Waals surface area contributed by atoms with Gasteiger partial charge in [0, 0.05) is 0 Å². The third kappa shape index (κ3) is 2.02. The number of allylic oxidation sites excluding steroid dienone is 1. The van der Waals surface area contributed by atoms with E-state index in [2.05, 4.69) is 6.58 Å². The summed E-state index contributed by atoms with van der Waals surface area (Å²) in [6, 6.07) is 5.48. The number of benzene rings is 1. The van der Waals surface area contributed by atoms with Gasteiger partial charge >= 0.3 is 5.97 Å². The molecular weight excluding hydrogens is 176 g/mol. The van der Waals surface area contributed by atoms with Gasteiger partial charge in [-0.2, -0.15) is 0 Å². The van der Waals surface area contributed by atoms with Gasteiger partial charge in [0.25, 0.3) is 0 Å². The Bertz CT molecular complexity index is 367. The van der Waals surface area contributed by atoms with Crippen LogP contribution < -0.4 is 0 Å². The molecule has 0 bridgehead atoms. The molecule has 14 heavy (non-hydrogen) atoms. The Balaban J connectivity index is 3.19. The fourth-order valence-electron chi connectivity index (χ4n) is 1.29. The van der Waals surface area contributed by atoms with Crippen molar-refractivity contribution in [2.45, 2.75) is 19.8 Å². The van der Waals surface area contributed by atoms with E-state index in [4.69, 9.17) is 5.11 Å². The number of rotatable bonds is 3. The Hall–Kier alpha value is -1.57. The first-order valence-electron chi connectivity index (χ1n) is 4.52. The monoisotopic (exact) mass is 190 g/mol. The maximum atomic E-state index is 10.9. The molecule has 0 aliphatic rings. The summed E-state index contributed by atoms with van der Waals surface area (Å²) in [7, 11) is 0. The Morgan fingerprint density at radius 2 is 2.21 bits per heavy atom. The third-order valence-electron chi connectivity index (χ3n) is 2.37. The molecule has 2 heteroatoms. The van der Waals surface area contributed by atoms with E-state index in [0.717, 1.165) is 11.1 Å². The zero-order chi connectivity index (χ0) is 10.7. The van der Waals surface area contributed by atoms with Gasteiger partial charge in [-0.15, -0.1) is 6.58 Å². The average molecular weight is 190 g/mol. The van der Waals surface area contributed by atoms with Crippen LogP contribution in [0.5, 0.6) is 0 Å². The van der Waals surface area contributed by atoms with Gasteiger partial charge in [-0.1, -0.05) is 25.1 Å². The summed E-state index contributed by atoms with van der Waals surface area (Å²) < 4.78 is 0. The molecule has 0 saturated heterocycles. The second-order valence-corrected chi connectivity index (χ2v) is 3.40. The minimum absolute atomic E-state index is 0.189. The van der Waals surface area contributed by atoms with Gasteiger partial charge in [-0.3, -0.25) is 0 Å². The number of hydrogen-bond acceptors (Lipinski definition) is 1. The summed E-state index contributed by atoms with van der Waals surface area (Å²) in [4.78, 5) is 10.9. The van der Waals surface area contributed by atoms with Crippen molar-refractivity contribution in [1.29, 1.82) is 0 Å². The van der Waals surface area contributed by atoms with Crippen molar-refractivity contribution < 1.29 is 9.90 Å². The Kier molecular flexibility index (Phi) is 3.07. The minimum atomic E-state index is -0.874. The molecule has 0 saturated carbocycles. The lowest BCUT2D eigenvalue weighted by atomic mass is 9.97. The van der Waals surface area contributed by atoms with Crippen LogP contribution in [0, 0.1) is 6.92 Å². The van der Waals surface area contributed by atoms with Crippen LogP contribution in [-0.2, 0) is 0 Å². The number of carboxylic acids is 1. The highest BCUT2D eigenvalue weighted by Crippen LogP contribution is 2.19. The van der Waals surface area contributed by atoms with E-state index in [0.29, 0.717) is 5.56 Å².